The third kappa shape index (κ3) is 8.46. The van der Waals surface area contributed by atoms with Crippen molar-refractivity contribution in [3.05, 3.63) is 57.6 Å². The molecule has 0 radical (unpaired) electrons. The van der Waals surface area contributed by atoms with Crippen molar-refractivity contribution < 1.29 is 9.72 Å². The first-order valence-electron chi connectivity index (χ1n) is 14.3. The van der Waals surface area contributed by atoms with Gasteiger partial charge in [0.25, 0.3) is 5.69 Å². The number of unbranched alkanes of at least 4 members (excludes halogenated alkanes) is 15. The van der Waals surface area contributed by atoms with E-state index in [4.69, 9.17) is 0 Å². The number of nitro benzene ring substituents is 1. The van der Waals surface area contributed by atoms with Crippen LogP contribution in [0.2, 0.25) is 0 Å². The summed E-state index contributed by atoms with van der Waals surface area (Å²) in [5, 5.41) is 14.5. The highest BCUT2D eigenvalue weighted by atomic mass is 16.6. The predicted molar refractivity (Wildman–Crippen MR) is 150 cm³/mol. The van der Waals surface area contributed by atoms with E-state index in [1.54, 1.807) is 6.07 Å². The number of ketones is 1. The maximum absolute atomic E-state index is 12.8. The molecule has 5 heteroatoms. The first-order chi connectivity index (χ1) is 17.6. The van der Waals surface area contributed by atoms with E-state index in [2.05, 4.69) is 12.2 Å². The van der Waals surface area contributed by atoms with E-state index in [0.717, 1.165) is 29.8 Å². The van der Waals surface area contributed by atoms with Gasteiger partial charge in [0.15, 0.2) is 5.78 Å². The molecule has 0 bridgehead atoms. The number of hydrogen-bond donors (Lipinski definition) is 1. The summed E-state index contributed by atoms with van der Waals surface area (Å²) in [4.78, 5) is 23.4. The zero-order valence-electron chi connectivity index (χ0n) is 22.2. The quantitative estimate of drug-likeness (QED) is 0.103. The van der Waals surface area contributed by atoms with Crippen LogP contribution in [0.4, 0.5) is 11.4 Å². The number of benzene rings is 2. The van der Waals surface area contributed by atoms with Crippen LogP contribution in [0.15, 0.2) is 36.4 Å². The number of anilines is 1. The van der Waals surface area contributed by atoms with Crippen LogP contribution in [-0.4, -0.2) is 17.3 Å². The van der Waals surface area contributed by atoms with Crippen molar-refractivity contribution in [2.45, 2.75) is 110 Å². The molecule has 0 aromatic heterocycles. The summed E-state index contributed by atoms with van der Waals surface area (Å²) in [5.74, 6) is -0.130. The van der Waals surface area contributed by atoms with Gasteiger partial charge in [-0.1, -0.05) is 109 Å². The zero-order valence-corrected chi connectivity index (χ0v) is 22.2. The Morgan fingerprint density at radius 3 is 1.64 bits per heavy atom. The summed E-state index contributed by atoms with van der Waals surface area (Å²) in [6, 6.07) is 10.4. The molecule has 196 valence electrons. The van der Waals surface area contributed by atoms with Gasteiger partial charge in [0.1, 0.15) is 0 Å². The molecule has 2 aromatic rings. The van der Waals surface area contributed by atoms with Crippen molar-refractivity contribution in [3.63, 3.8) is 0 Å². The summed E-state index contributed by atoms with van der Waals surface area (Å²) >= 11 is 0. The van der Waals surface area contributed by atoms with Gasteiger partial charge < -0.3 is 5.32 Å². The molecule has 0 heterocycles. The summed E-state index contributed by atoms with van der Waals surface area (Å²) in [7, 11) is 0. The molecule has 5 nitrogen and oxygen atoms in total. The highest BCUT2D eigenvalue weighted by Gasteiger charge is 2.28. The van der Waals surface area contributed by atoms with Crippen molar-refractivity contribution in [1.82, 2.24) is 0 Å². The maximum atomic E-state index is 12.8. The molecule has 0 saturated carbocycles. The predicted octanol–water partition coefficient (Wildman–Crippen LogP) is 9.48. The average molecular weight is 493 g/mol. The van der Waals surface area contributed by atoms with Crippen molar-refractivity contribution in [3.8, 4) is 11.1 Å². The Hall–Kier alpha value is -2.69. The van der Waals surface area contributed by atoms with Crippen LogP contribution in [0.1, 0.15) is 126 Å². The van der Waals surface area contributed by atoms with Gasteiger partial charge in [0.05, 0.1) is 4.92 Å². The molecule has 3 rings (SSSR count). The van der Waals surface area contributed by atoms with Gasteiger partial charge in [0, 0.05) is 35.5 Å². The smallest absolute Gasteiger partial charge is 0.270 e. The number of carbonyl (C=O) groups excluding carboxylic acids is 1. The molecule has 1 aliphatic rings. The largest absolute Gasteiger partial charge is 0.385 e. The van der Waals surface area contributed by atoms with Crippen LogP contribution in [0, 0.1) is 10.1 Å². The number of nitro groups is 1. The number of rotatable bonds is 19. The van der Waals surface area contributed by atoms with Gasteiger partial charge in [0.2, 0.25) is 0 Å². The fraction of sp³-hybridized carbons (Fsp3) is 0.581. The average Bonchev–Trinajstić information content (AvgIpc) is 3.16. The molecule has 0 fully saturated rings. The Balaban J connectivity index is 1.21. The number of hydrogen-bond acceptors (Lipinski definition) is 4. The Bertz CT molecular complexity index is 986. The van der Waals surface area contributed by atoms with Gasteiger partial charge >= 0.3 is 0 Å². The van der Waals surface area contributed by atoms with Crippen LogP contribution in [0.3, 0.4) is 0 Å². The highest BCUT2D eigenvalue weighted by Crippen LogP contribution is 2.39. The molecule has 0 unspecified atom stereocenters. The lowest BCUT2D eigenvalue weighted by molar-refractivity contribution is -0.384. The second-order valence-electron chi connectivity index (χ2n) is 10.3. The Morgan fingerprint density at radius 2 is 1.11 bits per heavy atom. The van der Waals surface area contributed by atoms with E-state index < -0.39 is 4.92 Å². The van der Waals surface area contributed by atoms with E-state index in [1.165, 1.54) is 108 Å². The fourth-order valence-corrected chi connectivity index (χ4v) is 5.20. The molecule has 0 spiro atoms. The Morgan fingerprint density at radius 1 is 0.639 bits per heavy atom. The second-order valence-corrected chi connectivity index (χ2v) is 10.3. The summed E-state index contributed by atoms with van der Waals surface area (Å²) in [5.41, 5.74) is 3.58. The van der Waals surface area contributed by atoms with E-state index in [0.29, 0.717) is 11.1 Å². The minimum absolute atomic E-state index is 0.0447. The van der Waals surface area contributed by atoms with Crippen molar-refractivity contribution in [2.75, 3.05) is 11.9 Å². The Labute approximate surface area is 217 Å². The zero-order chi connectivity index (χ0) is 25.6. The maximum Gasteiger partial charge on any atom is 0.270 e. The molecular weight excluding hydrogens is 448 g/mol. The molecule has 1 N–H and O–H groups in total. The minimum atomic E-state index is -0.457. The van der Waals surface area contributed by atoms with Crippen molar-refractivity contribution in [1.29, 1.82) is 0 Å². The summed E-state index contributed by atoms with van der Waals surface area (Å²) in [6.45, 7) is 3.17. The monoisotopic (exact) mass is 492 g/mol. The van der Waals surface area contributed by atoms with E-state index >= 15 is 0 Å². The highest BCUT2D eigenvalue weighted by molar-refractivity contribution is 6.22. The van der Waals surface area contributed by atoms with Gasteiger partial charge in [-0.15, -0.1) is 0 Å². The molecular formula is C31H44N2O3. The van der Waals surface area contributed by atoms with Gasteiger partial charge in [-0.05, 0) is 35.7 Å². The first kappa shape index (κ1) is 27.9. The van der Waals surface area contributed by atoms with Crippen molar-refractivity contribution in [2.24, 2.45) is 0 Å². The number of fused-ring (bicyclic) bond motifs is 3. The van der Waals surface area contributed by atoms with Gasteiger partial charge in [-0.25, -0.2) is 0 Å². The van der Waals surface area contributed by atoms with E-state index in [1.807, 2.05) is 18.2 Å². The first-order valence-corrected chi connectivity index (χ1v) is 14.3. The fourth-order valence-electron chi connectivity index (χ4n) is 5.20. The summed E-state index contributed by atoms with van der Waals surface area (Å²) in [6.07, 6.45) is 21.8. The third-order valence-corrected chi connectivity index (χ3v) is 7.37. The van der Waals surface area contributed by atoms with Crippen LogP contribution in [0.5, 0.6) is 0 Å². The lowest BCUT2D eigenvalue weighted by atomic mass is 10.0. The molecule has 0 atom stereocenters. The van der Waals surface area contributed by atoms with Crippen LogP contribution >= 0.6 is 0 Å². The molecule has 0 aliphatic heterocycles. The van der Waals surface area contributed by atoms with Crippen LogP contribution in [-0.2, 0) is 0 Å². The Kier molecular flexibility index (Phi) is 12.0. The summed E-state index contributed by atoms with van der Waals surface area (Å²) < 4.78 is 0. The van der Waals surface area contributed by atoms with Crippen LogP contribution < -0.4 is 5.32 Å². The number of non-ortho nitro benzene ring substituents is 1. The normalized spacial score (nSPS) is 12.0. The lowest BCUT2D eigenvalue weighted by Crippen LogP contribution is -2.03. The second kappa shape index (κ2) is 15.4. The molecule has 0 saturated heterocycles. The van der Waals surface area contributed by atoms with E-state index in [-0.39, 0.29) is 11.5 Å². The van der Waals surface area contributed by atoms with Crippen molar-refractivity contribution >= 4 is 17.2 Å². The number of nitrogens with zero attached hydrogens (tertiary/aromatic N) is 1. The lowest BCUT2D eigenvalue weighted by Gasteiger charge is -2.08. The standard InChI is InChI=1S/C31H44N2O3/c1-2-3-4-5-6-7-8-9-10-11-12-13-14-15-16-17-22-32-25-18-20-27-28-21-19-26(33(35)36)24-30(28)31(34)29(27)23-25/h18-21,23-24,32H,2-17,22H2,1H3. The van der Waals surface area contributed by atoms with Gasteiger partial charge in [-0.2, -0.15) is 0 Å². The molecule has 0 amide bonds. The molecule has 1 aliphatic carbocycles. The van der Waals surface area contributed by atoms with Gasteiger partial charge in [-0.3, -0.25) is 14.9 Å². The topological polar surface area (TPSA) is 72.2 Å². The number of nitrogens with one attached hydrogen (secondary N) is 1. The van der Waals surface area contributed by atoms with E-state index in [9.17, 15) is 14.9 Å². The van der Waals surface area contributed by atoms with Crippen LogP contribution in [0.25, 0.3) is 11.1 Å². The molecule has 36 heavy (non-hydrogen) atoms. The third-order valence-electron chi connectivity index (χ3n) is 7.37. The SMILES string of the molecule is CCCCCCCCCCCCCCCCCCNc1ccc2c(c1)C(=O)c1cc([N+](=O)[O-])ccc1-2. The minimum Gasteiger partial charge on any atom is -0.385 e. The molecule has 2 aromatic carbocycles. The number of carbonyl (C=O) groups is 1.